The summed E-state index contributed by atoms with van der Waals surface area (Å²) in [6, 6.07) is 4.77. The van der Waals surface area contributed by atoms with Crippen LogP contribution in [-0.2, 0) is 10.0 Å². The fourth-order valence-electron chi connectivity index (χ4n) is 2.17. The van der Waals surface area contributed by atoms with E-state index in [0.29, 0.717) is 5.56 Å². The molecule has 114 valence electrons. The highest BCUT2D eigenvalue weighted by Gasteiger charge is 2.37. The quantitative estimate of drug-likeness (QED) is 0.776. The molecule has 1 fully saturated rings. The average Bonchev–Trinajstić information content (AvgIpc) is 3.27. The lowest BCUT2D eigenvalue weighted by Gasteiger charge is -2.21. The second kappa shape index (κ2) is 6.58. The van der Waals surface area contributed by atoms with Crippen LogP contribution in [0.2, 0.25) is 0 Å². The first-order valence-corrected chi connectivity index (χ1v) is 8.28. The first-order valence-electron chi connectivity index (χ1n) is 6.83. The lowest BCUT2D eigenvalue weighted by atomic mass is 10.1. The van der Waals surface area contributed by atoms with Gasteiger partial charge in [-0.25, -0.2) is 8.42 Å². The zero-order valence-electron chi connectivity index (χ0n) is 11.9. The molecule has 2 N–H and O–H groups in total. The molecule has 21 heavy (non-hydrogen) atoms. The van der Waals surface area contributed by atoms with Crippen molar-refractivity contribution in [3.63, 3.8) is 0 Å². The van der Waals surface area contributed by atoms with E-state index < -0.39 is 10.0 Å². The molecule has 1 aromatic rings. The van der Waals surface area contributed by atoms with Crippen LogP contribution < -0.4 is 0 Å². The Hall–Kier alpha value is -1.39. The minimum absolute atomic E-state index is 0.0105. The molecule has 1 aliphatic carbocycles. The molecule has 0 aliphatic heterocycles. The van der Waals surface area contributed by atoms with Crippen LogP contribution in [0.4, 0.5) is 0 Å². The van der Waals surface area contributed by atoms with Gasteiger partial charge >= 0.3 is 0 Å². The van der Waals surface area contributed by atoms with Gasteiger partial charge in [-0.1, -0.05) is 11.8 Å². The van der Waals surface area contributed by atoms with E-state index in [1.54, 1.807) is 19.1 Å². The highest BCUT2D eigenvalue weighted by Crippen LogP contribution is 2.32. The zero-order chi connectivity index (χ0) is 15.5. The first kappa shape index (κ1) is 16.0. The Bertz CT molecular complexity index is 669. The summed E-state index contributed by atoms with van der Waals surface area (Å²) in [7, 11) is -3.58. The predicted octanol–water partition coefficient (Wildman–Crippen LogP) is 0.484. The van der Waals surface area contributed by atoms with Gasteiger partial charge < -0.3 is 10.2 Å². The summed E-state index contributed by atoms with van der Waals surface area (Å²) in [5, 5.41) is 17.8. The summed E-state index contributed by atoms with van der Waals surface area (Å²) in [6.45, 7) is 1.49. The molecule has 6 heteroatoms. The van der Waals surface area contributed by atoms with Crippen molar-refractivity contribution in [3.05, 3.63) is 29.3 Å². The van der Waals surface area contributed by atoms with Crippen LogP contribution in [0.15, 0.2) is 23.1 Å². The maximum absolute atomic E-state index is 12.6. The molecule has 0 amide bonds. The summed E-state index contributed by atoms with van der Waals surface area (Å²) in [5.74, 6) is 5.33. The summed E-state index contributed by atoms with van der Waals surface area (Å²) in [6.07, 6.45) is 1.69. The Labute approximate surface area is 125 Å². The summed E-state index contributed by atoms with van der Waals surface area (Å²) >= 11 is 0. The third-order valence-electron chi connectivity index (χ3n) is 3.38. The zero-order valence-corrected chi connectivity index (χ0v) is 12.7. The van der Waals surface area contributed by atoms with E-state index >= 15 is 0 Å². The van der Waals surface area contributed by atoms with Crippen LogP contribution in [0, 0.1) is 18.8 Å². The number of nitrogens with zero attached hydrogens (tertiary/aromatic N) is 1. The van der Waals surface area contributed by atoms with E-state index in [4.69, 9.17) is 10.2 Å². The van der Waals surface area contributed by atoms with Gasteiger partial charge in [0.15, 0.2) is 0 Å². The molecule has 0 bridgehead atoms. The molecule has 0 spiro atoms. The molecule has 0 saturated heterocycles. The van der Waals surface area contributed by atoms with Crippen molar-refractivity contribution < 1.29 is 18.6 Å². The molecular formula is C15H19NO4S. The maximum atomic E-state index is 12.6. The topological polar surface area (TPSA) is 77.8 Å². The van der Waals surface area contributed by atoms with Crippen LogP contribution in [0.25, 0.3) is 0 Å². The molecule has 0 atom stereocenters. The van der Waals surface area contributed by atoms with E-state index in [9.17, 15) is 8.42 Å². The first-order chi connectivity index (χ1) is 10.0. The molecule has 2 rings (SSSR count). The van der Waals surface area contributed by atoms with Gasteiger partial charge in [-0.3, -0.25) is 0 Å². The van der Waals surface area contributed by atoms with Crippen molar-refractivity contribution in [2.75, 3.05) is 19.8 Å². The number of aliphatic hydroxyl groups excluding tert-OH is 2. The molecule has 0 radical (unpaired) electrons. The monoisotopic (exact) mass is 309 g/mol. The lowest BCUT2D eigenvalue weighted by Crippen LogP contribution is -2.35. The largest absolute Gasteiger partial charge is 0.395 e. The van der Waals surface area contributed by atoms with Crippen molar-refractivity contribution >= 4 is 10.0 Å². The Balaban J connectivity index is 2.33. The SMILES string of the molecule is Cc1cc(S(=O)(=O)N(CCO)C2CC2)ccc1C#CCO. The Morgan fingerprint density at radius 1 is 1.33 bits per heavy atom. The minimum atomic E-state index is -3.58. The summed E-state index contributed by atoms with van der Waals surface area (Å²) < 4.78 is 26.6. The second-order valence-corrected chi connectivity index (χ2v) is 6.90. The van der Waals surface area contributed by atoms with Gasteiger partial charge in [-0.2, -0.15) is 4.31 Å². The van der Waals surface area contributed by atoms with Gasteiger partial charge in [0, 0.05) is 18.2 Å². The fourth-order valence-corrected chi connectivity index (χ4v) is 3.93. The molecule has 0 heterocycles. The standard InChI is InChI=1S/C15H19NO4S/c1-12-11-15(7-4-13(12)3-2-9-17)21(19,20)16(8-10-18)14-5-6-14/h4,7,11,14,17-18H,5-6,8-10H2,1H3. The second-order valence-electron chi connectivity index (χ2n) is 5.01. The number of rotatable bonds is 5. The molecule has 5 nitrogen and oxygen atoms in total. The Kier molecular flexibility index (Phi) is 5.01. The maximum Gasteiger partial charge on any atom is 0.243 e. The van der Waals surface area contributed by atoms with Crippen molar-refractivity contribution in [3.8, 4) is 11.8 Å². The molecule has 0 unspecified atom stereocenters. The summed E-state index contributed by atoms with van der Waals surface area (Å²) in [5.41, 5.74) is 1.44. The molecule has 1 saturated carbocycles. The Morgan fingerprint density at radius 2 is 2.05 bits per heavy atom. The number of aryl methyl sites for hydroxylation is 1. The highest BCUT2D eigenvalue weighted by molar-refractivity contribution is 7.89. The Morgan fingerprint density at radius 3 is 2.57 bits per heavy atom. The number of aliphatic hydroxyl groups is 2. The van der Waals surface area contributed by atoms with E-state index in [2.05, 4.69) is 11.8 Å². The number of hydrogen-bond donors (Lipinski definition) is 2. The van der Waals surface area contributed by atoms with E-state index in [1.165, 1.54) is 10.4 Å². The van der Waals surface area contributed by atoms with E-state index in [1.807, 2.05) is 0 Å². The molecule has 0 aromatic heterocycles. The highest BCUT2D eigenvalue weighted by atomic mass is 32.2. The van der Waals surface area contributed by atoms with Gasteiger partial charge in [0.05, 0.1) is 11.5 Å². The van der Waals surface area contributed by atoms with Gasteiger partial charge in [0.2, 0.25) is 10.0 Å². The normalized spacial score (nSPS) is 14.9. The van der Waals surface area contributed by atoms with Gasteiger partial charge in [0.25, 0.3) is 0 Å². The number of sulfonamides is 1. The smallest absolute Gasteiger partial charge is 0.243 e. The third-order valence-corrected chi connectivity index (χ3v) is 5.33. The van der Waals surface area contributed by atoms with Gasteiger partial charge in [-0.05, 0) is 43.5 Å². The van der Waals surface area contributed by atoms with Crippen molar-refractivity contribution in [2.24, 2.45) is 0 Å². The third kappa shape index (κ3) is 3.63. The molecule has 1 aromatic carbocycles. The van der Waals surface area contributed by atoms with Crippen molar-refractivity contribution in [1.29, 1.82) is 0 Å². The average molecular weight is 309 g/mol. The number of hydrogen-bond acceptors (Lipinski definition) is 4. The van der Waals surface area contributed by atoms with E-state index in [-0.39, 0.29) is 30.7 Å². The van der Waals surface area contributed by atoms with Crippen LogP contribution in [0.5, 0.6) is 0 Å². The van der Waals surface area contributed by atoms with Gasteiger partial charge in [0.1, 0.15) is 6.61 Å². The van der Waals surface area contributed by atoms with Crippen molar-refractivity contribution in [1.82, 2.24) is 4.31 Å². The van der Waals surface area contributed by atoms with Crippen molar-refractivity contribution in [2.45, 2.75) is 30.7 Å². The predicted molar refractivity (Wildman–Crippen MR) is 79.1 cm³/mol. The minimum Gasteiger partial charge on any atom is -0.395 e. The van der Waals surface area contributed by atoms with Crippen LogP contribution in [-0.4, -0.2) is 48.7 Å². The lowest BCUT2D eigenvalue weighted by molar-refractivity contribution is 0.250. The number of benzene rings is 1. The summed E-state index contributed by atoms with van der Waals surface area (Å²) in [4.78, 5) is 0.217. The van der Waals surface area contributed by atoms with Crippen LogP contribution in [0.1, 0.15) is 24.0 Å². The van der Waals surface area contributed by atoms with E-state index in [0.717, 1.165) is 18.4 Å². The fraction of sp³-hybridized carbons (Fsp3) is 0.467. The molecular weight excluding hydrogens is 290 g/mol. The molecule has 1 aliphatic rings. The van der Waals surface area contributed by atoms with Crippen LogP contribution >= 0.6 is 0 Å². The van der Waals surface area contributed by atoms with Gasteiger partial charge in [-0.15, -0.1) is 0 Å². The van der Waals surface area contributed by atoms with Crippen LogP contribution in [0.3, 0.4) is 0 Å².